The number of primary amides is 1. The first-order valence-electron chi connectivity index (χ1n) is 7.04. The van der Waals surface area contributed by atoms with Gasteiger partial charge in [0.05, 0.1) is 23.5 Å². The number of nitrogens with zero attached hydrogens (tertiary/aromatic N) is 1. The van der Waals surface area contributed by atoms with E-state index in [-0.39, 0.29) is 16.9 Å². The van der Waals surface area contributed by atoms with Crippen LogP contribution in [0.5, 0.6) is 5.75 Å². The number of halogens is 2. The van der Waals surface area contributed by atoms with Crippen molar-refractivity contribution >= 4 is 23.0 Å². The van der Waals surface area contributed by atoms with E-state index in [0.717, 1.165) is 12.3 Å². The van der Waals surface area contributed by atoms with Gasteiger partial charge in [-0.2, -0.15) is 0 Å². The number of hydrogen-bond acceptors (Lipinski definition) is 4. The lowest BCUT2D eigenvalue weighted by atomic mass is 10.1. The average Bonchev–Trinajstić information content (AvgIpc) is 3.30. The van der Waals surface area contributed by atoms with Gasteiger partial charge in [0.25, 0.3) is 0 Å². The summed E-state index contributed by atoms with van der Waals surface area (Å²) in [5.41, 5.74) is 3.32. The Labute approximate surface area is 133 Å². The van der Waals surface area contributed by atoms with E-state index in [0.29, 0.717) is 12.8 Å². The van der Waals surface area contributed by atoms with Crippen molar-refractivity contribution in [3.63, 3.8) is 0 Å². The van der Waals surface area contributed by atoms with Crippen molar-refractivity contribution in [3.05, 3.63) is 39.7 Å². The standard InChI is InChI=1S/C15H12F2N2O5/c16-9-3-8-13(12(17)7(9)4-11(18)20)19(6-1-2-6)5-10(14(8)21)24-15(22)23/h3,5-6H,1-2,4H2,(H2,18,20)(H,22,23). The molecule has 0 unspecified atom stereocenters. The summed E-state index contributed by atoms with van der Waals surface area (Å²) in [4.78, 5) is 34.0. The summed E-state index contributed by atoms with van der Waals surface area (Å²) in [7, 11) is 0. The third kappa shape index (κ3) is 2.68. The maximum Gasteiger partial charge on any atom is 0.511 e. The molecule has 3 N–H and O–H groups in total. The van der Waals surface area contributed by atoms with Crippen molar-refractivity contribution in [1.82, 2.24) is 4.57 Å². The zero-order valence-electron chi connectivity index (χ0n) is 12.2. The van der Waals surface area contributed by atoms with E-state index in [4.69, 9.17) is 10.8 Å². The zero-order valence-corrected chi connectivity index (χ0v) is 12.2. The molecule has 0 saturated heterocycles. The van der Waals surface area contributed by atoms with Gasteiger partial charge in [0.1, 0.15) is 5.82 Å². The first kappa shape index (κ1) is 15.9. The Morgan fingerprint density at radius 1 is 1.38 bits per heavy atom. The largest absolute Gasteiger partial charge is 0.511 e. The number of hydrogen-bond donors (Lipinski definition) is 2. The maximum atomic E-state index is 14.7. The van der Waals surface area contributed by atoms with Gasteiger partial charge in [-0.15, -0.1) is 0 Å². The molecule has 1 aromatic carbocycles. The molecule has 1 aliphatic carbocycles. The topological polar surface area (TPSA) is 112 Å². The van der Waals surface area contributed by atoms with Gasteiger partial charge in [-0.05, 0) is 18.9 Å². The first-order valence-corrected chi connectivity index (χ1v) is 7.04. The molecule has 0 atom stereocenters. The number of carbonyl (C=O) groups is 2. The van der Waals surface area contributed by atoms with Gasteiger partial charge in [0, 0.05) is 11.6 Å². The Kier molecular flexibility index (Phi) is 3.70. The number of rotatable bonds is 4. The number of amides is 1. The van der Waals surface area contributed by atoms with Crippen LogP contribution in [0.25, 0.3) is 10.9 Å². The molecule has 1 heterocycles. The van der Waals surface area contributed by atoms with E-state index < -0.39 is 46.9 Å². The van der Waals surface area contributed by atoms with Crippen molar-refractivity contribution in [2.75, 3.05) is 0 Å². The van der Waals surface area contributed by atoms with E-state index in [1.54, 1.807) is 0 Å². The monoisotopic (exact) mass is 338 g/mol. The molecule has 126 valence electrons. The van der Waals surface area contributed by atoms with Gasteiger partial charge >= 0.3 is 6.16 Å². The molecule has 0 spiro atoms. The van der Waals surface area contributed by atoms with Crippen LogP contribution < -0.4 is 15.9 Å². The third-order valence-electron chi connectivity index (χ3n) is 3.76. The van der Waals surface area contributed by atoms with Crippen molar-refractivity contribution in [2.24, 2.45) is 5.73 Å². The van der Waals surface area contributed by atoms with Crippen LogP contribution in [-0.4, -0.2) is 21.7 Å². The molecule has 0 radical (unpaired) electrons. The minimum Gasteiger partial charge on any atom is -0.449 e. The molecule has 0 aliphatic heterocycles. The fraction of sp³-hybridized carbons (Fsp3) is 0.267. The Hall–Kier alpha value is -2.97. The van der Waals surface area contributed by atoms with Crippen molar-refractivity contribution in [1.29, 1.82) is 0 Å². The summed E-state index contributed by atoms with van der Waals surface area (Å²) in [5, 5.41) is 8.33. The molecule has 24 heavy (non-hydrogen) atoms. The fourth-order valence-electron chi connectivity index (χ4n) is 2.60. The molecule has 1 aliphatic rings. The fourth-order valence-corrected chi connectivity index (χ4v) is 2.60. The van der Waals surface area contributed by atoms with Gasteiger partial charge in [0.2, 0.25) is 11.3 Å². The van der Waals surface area contributed by atoms with Crippen LogP contribution >= 0.6 is 0 Å². The lowest BCUT2D eigenvalue weighted by Crippen LogP contribution is -2.20. The minimum absolute atomic E-state index is 0.161. The highest BCUT2D eigenvalue weighted by molar-refractivity contribution is 5.85. The highest BCUT2D eigenvalue weighted by atomic mass is 19.1. The summed E-state index contributed by atoms with van der Waals surface area (Å²) in [6.07, 6.45) is 0.102. The quantitative estimate of drug-likeness (QED) is 0.824. The lowest BCUT2D eigenvalue weighted by Gasteiger charge is -2.15. The number of ether oxygens (including phenoxy) is 1. The molecule has 1 fully saturated rings. The summed E-state index contributed by atoms with van der Waals surface area (Å²) < 4.78 is 34.6. The first-order chi connectivity index (χ1) is 11.3. The average molecular weight is 338 g/mol. The van der Waals surface area contributed by atoms with E-state index in [1.807, 2.05) is 0 Å². The Morgan fingerprint density at radius 3 is 2.58 bits per heavy atom. The smallest absolute Gasteiger partial charge is 0.449 e. The van der Waals surface area contributed by atoms with Gasteiger partial charge in [-0.25, -0.2) is 13.6 Å². The molecule has 1 saturated carbocycles. The Balaban J connectivity index is 2.35. The third-order valence-corrected chi connectivity index (χ3v) is 3.76. The molecule has 1 aromatic heterocycles. The molecule has 1 amide bonds. The molecule has 9 heteroatoms. The number of benzene rings is 1. The second kappa shape index (κ2) is 5.59. The van der Waals surface area contributed by atoms with Crippen molar-refractivity contribution < 1.29 is 28.2 Å². The van der Waals surface area contributed by atoms with Gasteiger partial charge in [0.15, 0.2) is 11.6 Å². The SMILES string of the molecule is NC(=O)Cc1c(F)cc2c(=O)c(OC(=O)O)cn(C3CC3)c2c1F. The highest BCUT2D eigenvalue weighted by Gasteiger charge is 2.29. The predicted molar refractivity (Wildman–Crippen MR) is 77.9 cm³/mol. The number of nitrogens with two attached hydrogens (primary N) is 1. The van der Waals surface area contributed by atoms with E-state index in [2.05, 4.69) is 4.74 Å². The van der Waals surface area contributed by atoms with Crippen LogP contribution in [0.1, 0.15) is 24.4 Å². The van der Waals surface area contributed by atoms with Crippen LogP contribution in [0.2, 0.25) is 0 Å². The maximum absolute atomic E-state index is 14.7. The second-order valence-electron chi connectivity index (χ2n) is 5.52. The zero-order chi connectivity index (χ0) is 17.6. The van der Waals surface area contributed by atoms with E-state index >= 15 is 0 Å². The Bertz CT molecular complexity index is 934. The van der Waals surface area contributed by atoms with Gasteiger partial charge in [-0.3, -0.25) is 9.59 Å². The van der Waals surface area contributed by atoms with E-state index in [9.17, 15) is 23.2 Å². The molecular formula is C15H12F2N2O5. The number of fused-ring (bicyclic) bond motifs is 1. The number of aromatic nitrogens is 1. The highest BCUT2D eigenvalue weighted by Crippen LogP contribution is 2.39. The molecular weight excluding hydrogens is 326 g/mol. The van der Waals surface area contributed by atoms with Crippen LogP contribution in [0, 0.1) is 11.6 Å². The van der Waals surface area contributed by atoms with E-state index in [1.165, 1.54) is 4.57 Å². The normalized spacial score (nSPS) is 13.9. The Morgan fingerprint density at radius 2 is 2.04 bits per heavy atom. The number of carboxylic acid groups (broad SMARTS) is 1. The molecule has 0 bridgehead atoms. The van der Waals surface area contributed by atoms with Crippen molar-refractivity contribution in [2.45, 2.75) is 25.3 Å². The number of pyridine rings is 1. The lowest BCUT2D eigenvalue weighted by molar-refractivity contribution is -0.117. The van der Waals surface area contributed by atoms with Crippen LogP contribution in [0.4, 0.5) is 13.6 Å². The predicted octanol–water partition coefficient (Wildman–Crippen LogP) is 1.70. The molecule has 3 rings (SSSR count). The van der Waals surface area contributed by atoms with Crippen molar-refractivity contribution in [3.8, 4) is 5.75 Å². The van der Waals surface area contributed by atoms with Gasteiger partial charge in [-0.1, -0.05) is 0 Å². The summed E-state index contributed by atoms with van der Waals surface area (Å²) >= 11 is 0. The second-order valence-corrected chi connectivity index (χ2v) is 5.52. The van der Waals surface area contributed by atoms with Crippen LogP contribution in [-0.2, 0) is 11.2 Å². The number of carbonyl (C=O) groups excluding carboxylic acids is 1. The summed E-state index contributed by atoms with van der Waals surface area (Å²) in [5.74, 6) is -3.62. The summed E-state index contributed by atoms with van der Waals surface area (Å²) in [6.45, 7) is 0. The van der Waals surface area contributed by atoms with Gasteiger partial charge < -0.3 is 20.1 Å². The minimum atomic E-state index is -1.71. The van der Waals surface area contributed by atoms with Crippen LogP contribution in [0.15, 0.2) is 17.1 Å². The summed E-state index contributed by atoms with van der Waals surface area (Å²) in [6, 6.07) is 0.609. The van der Waals surface area contributed by atoms with Crippen LogP contribution in [0.3, 0.4) is 0 Å². The molecule has 7 nitrogen and oxygen atoms in total. The molecule has 2 aromatic rings.